The van der Waals surface area contributed by atoms with Gasteiger partial charge in [0.05, 0.1) is 31.1 Å². The van der Waals surface area contributed by atoms with E-state index >= 15 is 0 Å². The van der Waals surface area contributed by atoms with Crippen molar-refractivity contribution in [2.75, 3.05) is 32.7 Å². The van der Waals surface area contributed by atoms with Crippen molar-refractivity contribution in [3.05, 3.63) is 29.3 Å². The fourth-order valence-corrected chi connectivity index (χ4v) is 4.30. The summed E-state index contributed by atoms with van der Waals surface area (Å²) < 4.78 is 26.7. The van der Waals surface area contributed by atoms with Crippen LogP contribution in [0.4, 0.5) is 4.79 Å². The van der Waals surface area contributed by atoms with E-state index in [9.17, 15) is 18.0 Å². The molecule has 1 aliphatic heterocycles. The van der Waals surface area contributed by atoms with E-state index < -0.39 is 16.1 Å². The smallest absolute Gasteiger partial charge is 0.321 e. The number of rotatable bonds is 6. The van der Waals surface area contributed by atoms with Crippen molar-refractivity contribution in [2.45, 2.75) is 31.2 Å². The number of nitrogens with one attached hydrogen (secondary N) is 3. The largest absolute Gasteiger partial charge is 0.335 e. The van der Waals surface area contributed by atoms with Crippen LogP contribution in [-0.4, -0.2) is 63.4 Å². The average Bonchev–Trinajstić information content (AvgIpc) is 2.62. The Labute approximate surface area is 164 Å². The lowest BCUT2D eigenvalue weighted by atomic mass is 10.3. The molecule has 2 rings (SSSR count). The van der Waals surface area contributed by atoms with Gasteiger partial charge < -0.3 is 10.2 Å². The summed E-state index contributed by atoms with van der Waals surface area (Å²) in [6.07, 6.45) is 0.775. The molecule has 27 heavy (non-hydrogen) atoms. The van der Waals surface area contributed by atoms with Crippen LogP contribution in [-0.2, 0) is 14.8 Å². The quantitative estimate of drug-likeness (QED) is 0.599. The van der Waals surface area contributed by atoms with Crippen molar-refractivity contribution in [1.29, 1.82) is 0 Å². The van der Waals surface area contributed by atoms with Crippen molar-refractivity contribution >= 4 is 33.6 Å². The van der Waals surface area contributed by atoms with Gasteiger partial charge in [-0.05, 0) is 37.6 Å². The van der Waals surface area contributed by atoms with Crippen LogP contribution in [0, 0.1) is 0 Å². The van der Waals surface area contributed by atoms with Gasteiger partial charge in [0.25, 0.3) is 5.91 Å². The maximum Gasteiger partial charge on any atom is 0.321 e. The van der Waals surface area contributed by atoms with Crippen LogP contribution in [0.2, 0.25) is 5.02 Å². The molecule has 0 unspecified atom stereocenters. The zero-order valence-corrected chi connectivity index (χ0v) is 17.1. The Morgan fingerprint density at radius 3 is 2.37 bits per heavy atom. The first-order valence-corrected chi connectivity index (χ1v) is 10.7. The van der Waals surface area contributed by atoms with Crippen molar-refractivity contribution in [2.24, 2.45) is 0 Å². The molecule has 3 N–H and O–H groups in total. The topological polar surface area (TPSA) is 100 Å². The standard InChI is InChI=1S/C17H25ClN4O4S/c1-3-13(2)19-17(24)20-16(23)12-21-8-10-22(11-9-21)27(25,26)15-6-4-14(18)5-7-15/h4-7,13H,3,8-12H2,1-2H3,(H2,19,20,23,24)/p+1/t13-/m1/s1. The summed E-state index contributed by atoms with van der Waals surface area (Å²) in [5, 5.41) is 5.46. The second-order valence-electron chi connectivity index (χ2n) is 6.62. The molecule has 150 valence electrons. The van der Waals surface area contributed by atoms with E-state index in [4.69, 9.17) is 11.6 Å². The number of hydrogen-bond donors (Lipinski definition) is 3. The molecule has 8 nitrogen and oxygen atoms in total. The Hall–Kier alpha value is -1.68. The second kappa shape index (κ2) is 9.50. The molecule has 1 fully saturated rings. The van der Waals surface area contributed by atoms with Gasteiger partial charge in [-0.3, -0.25) is 10.1 Å². The molecule has 0 aromatic heterocycles. The first-order chi connectivity index (χ1) is 12.7. The molecule has 0 saturated carbocycles. The highest BCUT2D eigenvalue weighted by Crippen LogP contribution is 2.18. The number of amides is 3. The highest BCUT2D eigenvalue weighted by molar-refractivity contribution is 7.89. The predicted molar refractivity (Wildman–Crippen MR) is 102 cm³/mol. The summed E-state index contributed by atoms with van der Waals surface area (Å²) in [6, 6.07) is 5.56. The number of urea groups is 1. The first kappa shape index (κ1) is 21.6. The van der Waals surface area contributed by atoms with E-state index in [0.717, 1.165) is 11.3 Å². The number of carbonyl (C=O) groups excluding carboxylic acids is 2. The third-order valence-electron chi connectivity index (χ3n) is 4.53. The zero-order chi connectivity index (χ0) is 20.0. The number of piperazine rings is 1. The highest BCUT2D eigenvalue weighted by atomic mass is 35.5. The molecular weight excluding hydrogens is 392 g/mol. The SMILES string of the molecule is CC[C@@H](C)NC(=O)NC(=O)C[NH+]1CCN(S(=O)(=O)c2ccc(Cl)cc2)CC1. The van der Waals surface area contributed by atoms with E-state index in [2.05, 4.69) is 10.6 Å². The maximum atomic E-state index is 12.6. The van der Waals surface area contributed by atoms with E-state index in [0.29, 0.717) is 31.2 Å². The van der Waals surface area contributed by atoms with E-state index in [-0.39, 0.29) is 23.4 Å². The van der Waals surface area contributed by atoms with Crippen LogP contribution in [0.5, 0.6) is 0 Å². The molecule has 0 aliphatic carbocycles. The summed E-state index contributed by atoms with van der Waals surface area (Å²) in [5.41, 5.74) is 0. The van der Waals surface area contributed by atoms with Gasteiger partial charge in [-0.1, -0.05) is 18.5 Å². The molecule has 1 saturated heterocycles. The number of halogens is 1. The summed E-state index contributed by atoms with van der Waals surface area (Å²) in [5.74, 6) is -0.375. The molecule has 10 heteroatoms. The molecule has 0 bridgehead atoms. The van der Waals surface area contributed by atoms with Crippen LogP contribution in [0.25, 0.3) is 0 Å². The molecule has 0 radical (unpaired) electrons. The minimum atomic E-state index is -3.57. The minimum Gasteiger partial charge on any atom is -0.335 e. The van der Waals surface area contributed by atoms with Crippen molar-refractivity contribution in [3.8, 4) is 0 Å². The third-order valence-corrected chi connectivity index (χ3v) is 6.70. The summed E-state index contributed by atoms with van der Waals surface area (Å²) in [6.45, 7) is 5.53. The van der Waals surface area contributed by atoms with E-state index in [1.165, 1.54) is 16.4 Å². The minimum absolute atomic E-state index is 0.00762. The number of benzene rings is 1. The van der Waals surface area contributed by atoms with Crippen LogP contribution in [0.15, 0.2) is 29.2 Å². The van der Waals surface area contributed by atoms with Gasteiger partial charge in [0, 0.05) is 11.1 Å². The lowest BCUT2D eigenvalue weighted by molar-refractivity contribution is -0.895. The number of imide groups is 1. The second-order valence-corrected chi connectivity index (χ2v) is 8.99. The van der Waals surface area contributed by atoms with Crippen molar-refractivity contribution in [1.82, 2.24) is 14.9 Å². The molecule has 1 atom stereocenters. The van der Waals surface area contributed by atoms with Gasteiger partial charge in [-0.15, -0.1) is 0 Å². The van der Waals surface area contributed by atoms with Crippen molar-refractivity contribution < 1.29 is 22.9 Å². The van der Waals surface area contributed by atoms with Gasteiger partial charge in [0.15, 0.2) is 6.54 Å². The monoisotopic (exact) mass is 417 g/mol. The number of nitrogens with zero attached hydrogens (tertiary/aromatic N) is 1. The Bertz CT molecular complexity index is 762. The lowest BCUT2D eigenvalue weighted by Crippen LogP contribution is -3.15. The predicted octanol–water partition coefficient (Wildman–Crippen LogP) is -0.146. The molecular formula is C17H26ClN4O4S+. The van der Waals surface area contributed by atoms with Gasteiger partial charge in [-0.25, -0.2) is 13.2 Å². The van der Waals surface area contributed by atoms with E-state index in [1.807, 2.05) is 13.8 Å². The normalized spacial score (nSPS) is 17.3. The summed E-state index contributed by atoms with van der Waals surface area (Å²) in [4.78, 5) is 24.8. The molecule has 0 spiro atoms. The van der Waals surface area contributed by atoms with Crippen LogP contribution < -0.4 is 15.5 Å². The van der Waals surface area contributed by atoms with Crippen LogP contribution >= 0.6 is 11.6 Å². The summed E-state index contributed by atoms with van der Waals surface area (Å²) >= 11 is 5.81. The third kappa shape index (κ3) is 6.17. The Morgan fingerprint density at radius 2 is 1.81 bits per heavy atom. The van der Waals surface area contributed by atoms with Crippen LogP contribution in [0.3, 0.4) is 0 Å². The first-order valence-electron chi connectivity index (χ1n) is 8.92. The Morgan fingerprint density at radius 1 is 1.22 bits per heavy atom. The van der Waals surface area contributed by atoms with Gasteiger partial charge in [-0.2, -0.15) is 4.31 Å². The molecule has 1 aliphatic rings. The number of hydrogen-bond acceptors (Lipinski definition) is 4. The number of sulfonamides is 1. The van der Waals surface area contributed by atoms with Gasteiger partial charge in [0.2, 0.25) is 10.0 Å². The van der Waals surface area contributed by atoms with Crippen molar-refractivity contribution in [3.63, 3.8) is 0 Å². The Balaban J connectivity index is 1.83. The fraction of sp³-hybridized carbons (Fsp3) is 0.529. The average molecular weight is 418 g/mol. The molecule has 1 aromatic rings. The Kier molecular flexibility index (Phi) is 7.60. The molecule has 1 heterocycles. The lowest BCUT2D eigenvalue weighted by Gasteiger charge is -2.31. The maximum absolute atomic E-state index is 12.6. The zero-order valence-electron chi connectivity index (χ0n) is 15.5. The number of quaternary nitrogens is 1. The van der Waals surface area contributed by atoms with Gasteiger partial charge in [0.1, 0.15) is 0 Å². The van der Waals surface area contributed by atoms with Crippen LogP contribution in [0.1, 0.15) is 20.3 Å². The van der Waals surface area contributed by atoms with E-state index in [1.54, 1.807) is 12.1 Å². The van der Waals surface area contributed by atoms with Gasteiger partial charge >= 0.3 is 6.03 Å². The highest BCUT2D eigenvalue weighted by Gasteiger charge is 2.31. The summed E-state index contributed by atoms with van der Waals surface area (Å²) in [7, 11) is -3.57. The molecule has 3 amide bonds. The number of carbonyl (C=O) groups is 2. The molecule has 1 aromatic carbocycles. The fourth-order valence-electron chi connectivity index (χ4n) is 2.74.